The van der Waals surface area contributed by atoms with Crippen LogP contribution in [0.4, 0.5) is 0 Å². The summed E-state index contributed by atoms with van der Waals surface area (Å²) < 4.78 is 34.4. The summed E-state index contributed by atoms with van der Waals surface area (Å²) in [4.78, 5) is 13.4. The molecule has 3 saturated heterocycles. The number of ether oxygens (including phenoxy) is 6. The van der Waals surface area contributed by atoms with Crippen molar-refractivity contribution < 1.29 is 89.4 Å². The fourth-order valence-corrected chi connectivity index (χ4v) is 12.5. The third-order valence-electron chi connectivity index (χ3n) is 18.4. The third-order valence-corrected chi connectivity index (χ3v) is 18.4. The minimum Gasteiger partial charge on any atom is -0.394 e. The predicted octanol–water partition coefficient (Wildman–Crippen LogP) is 10.4. The zero-order valence-electron chi connectivity index (χ0n) is 56.6. The second-order valence-electron chi connectivity index (χ2n) is 26.4. The van der Waals surface area contributed by atoms with Crippen LogP contribution in [0.15, 0.2) is 36.5 Å². The van der Waals surface area contributed by atoms with Crippen molar-refractivity contribution in [2.24, 2.45) is 0 Å². The topological polar surface area (TPSA) is 307 Å². The molecule has 17 unspecified atom stereocenters. The number of nitrogens with one attached hydrogen (secondary N) is 1. The minimum absolute atomic E-state index is 0.246. The van der Waals surface area contributed by atoms with Crippen molar-refractivity contribution >= 4 is 5.91 Å². The van der Waals surface area contributed by atoms with Gasteiger partial charge in [0.2, 0.25) is 5.91 Å². The average Bonchev–Trinajstić information content (AvgIpc) is 0.884. The summed E-state index contributed by atoms with van der Waals surface area (Å²) in [6.07, 6.45) is 36.9. The Hall–Kier alpha value is -1.99. The number of rotatable bonds is 57. The molecule has 0 spiro atoms. The number of carbonyl (C=O) groups excluding carboxylic acids is 1. The van der Waals surface area contributed by atoms with Crippen molar-refractivity contribution in [3.8, 4) is 0 Å². The van der Waals surface area contributed by atoms with Gasteiger partial charge in [-0.25, -0.2) is 0 Å². The summed E-state index contributed by atoms with van der Waals surface area (Å²) in [7, 11) is 0. The van der Waals surface area contributed by atoms with Gasteiger partial charge in [0.1, 0.15) is 73.2 Å². The molecule has 0 aromatic heterocycles. The van der Waals surface area contributed by atoms with Crippen LogP contribution < -0.4 is 5.32 Å². The van der Waals surface area contributed by atoms with Crippen molar-refractivity contribution in [1.29, 1.82) is 0 Å². The Bertz CT molecular complexity index is 1790. The van der Waals surface area contributed by atoms with E-state index < -0.39 is 124 Å². The first-order chi connectivity index (χ1) is 44.3. The molecule has 534 valence electrons. The van der Waals surface area contributed by atoms with Crippen LogP contribution in [0, 0.1) is 0 Å². The summed E-state index contributed by atoms with van der Waals surface area (Å²) in [5.41, 5.74) is 0. The Kier molecular flexibility index (Phi) is 49.5. The third kappa shape index (κ3) is 35.7. The van der Waals surface area contributed by atoms with Crippen LogP contribution in [0.25, 0.3) is 0 Å². The molecule has 0 radical (unpaired) electrons. The van der Waals surface area contributed by atoms with Crippen molar-refractivity contribution in [2.45, 2.75) is 388 Å². The highest BCUT2D eigenvalue weighted by molar-refractivity contribution is 5.76. The summed E-state index contributed by atoms with van der Waals surface area (Å²) >= 11 is 0. The van der Waals surface area contributed by atoms with Gasteiger partial charge >= 0.3 is 0 Å². The smallest absolute Gasteiger partial charge is 0.220 e. The molecule has 0 aliphatic carbocycles. The van der Waals surface area contributed by atoms with Gasteiger partial charge in [-0.05, 0) is 51.4 Å². The summed E-state index contributed by atoms with van der Waals surface area (Å²) in [5, 5.41) is 121. The van der Waals surface area contributed by atoms with Crippen LogP contribution in [0.1, 0.15) is 284 Å². The van der Waals surface area contributed by atoms with E-state index >= 15 is 0 Å². The van der Waals surface area contributed by atoms with Crippen molar-refractivity contribution in [1.82, 2.24) is 5.32 Å². The lowest BCUT2D eigenvalue weighted by Crippen LogP contribution is -2.66. The van der Waals surface area contributed by atoms with Gasteiger partial charge in [0.25, 0.3) is 0 Å². The van der Waals surface area contributed by atoms with Gasteiger partial charge in [0.15, 0.2) is 18.9 Å². The van der Waals surface area contributed by atoms with E-state index in [9.17, 15) is 61.0 Å². The number of unbranched alkanes of at least 4 members (excludes halogenated alkanes) is 37. The minimum atomic E-state index is -1.98. The van der Waals surface area contributed by atoms with Gasteiger partial charge in [-0.3, -0.25) is 4.79 Å². The zero-order chi connectivity index (χ0) is 66.1. The van der Waals surface area contributed by atoms with E-state index in [0.29, 0.717) is 6.42 Å². The van der Waals surface area contributed by atoms with Gasteiger partial charge in [0.05, 0.1) is 38.6 Å². The maximum atomic E-state index is 13.4. The number of allylic oxidation sites excluding steroid dienone is 5. The predicted molar refractivity (Wildman–Crippen MR) is 356 cm³/mol. The second-order valence-corrected chi connectivity index (χ2v) is 26.4. The monoisotopic (exact) mass is 1300 g/mol. The molecule has 3 rings (SSSR count). The molecule has 3 aliphatic heterocycles. The van der Waals surface area contributed by atoms with E-state index in [1.807, 2.05) is 6.08 Å². The highest BCUT2D eigenvalue weighted by atomic mass is 16.8. The maximum absolute atomic E-state index is 13.4. The highest BCUT2D eigenvalue weighted by Crippen LogP contribution is 2.33. The average molecular weight is 1300 g/mol. The van der Waals surface area contributed by atoms with Gasteiger partial charge in [0, 0.05) is 6.42 Å². The Morgan fingerprint density at radius 3 is 1.12 bits per heavy atom. The molecule has 19 nitrogen and oxygen atoms in total. The normalized spacial score (nSPS) is 28.0. The van der Waals surface area contributed by atoms with Crippen LogP contribution >= 0.6 is 0 Å². The van der Waals surface area contributed by atoms with Crippen LogP contribution in [0.2, 0.25) is 0 Å². The molecule has 19 heteroatoms. The van der Waals surface area contributed by atoms with Crippen LogP contribution in [0.3, 0.4) is 0 Å². The fourth-order valence-electron chi connectivity index (χ4n) is 12.5. The molecule has 17 atom stereocenters. The summed E-state index contributed by atoms with van der Waals surface area (Å²) in [6, 6.07) is -0.972. The van der Waals surface area contributed by atoms with Gasteiger partial charge < -0.3 is 89.9 Å². The van der Waals surface area contributed by atoms with E-state index in [0.717, 1.165) is 51.4 Å². The lowest BCUT2D eigenvalue weighted by molar-refractivity contribution is -0.379. The van der Waals surface area contributed by atoms with E-state index in [-0.39, 0.29) is 18.9 Å². The molecular formula is C72H133NO18. The molecule has 3 heterocycles. The van der Waals surface area contributed by atoms with Crippen molar-refractivity contribution in [3.05, 3.63) is 36.5 Å². The SMILES string of the molecule is CCCCCCC/C=C\C/C=C\CCCCCCCCCCCCCCCCCCCC(=O)NC(COC1OC(CO)C(OC2OC(CO)C(OC3OC(CO)C(O)C(O)C3O)C(O)C2O)C(O)C1O)C(O)/C=C/CCCCCCCCCCCCCCCCC. The van der Waals surface area contributed by atoms with Crippen molar-refractivity contribution in [3.63, 3.8) is 0 Å². The first kappa shape index (κ1) is 83.2. The van der Waals surface area contributed by atoms with Gasteiger partial charge in [-0.1, -0.05) is 262 Å². The lowest BCUT2D eigenvalue weighted by atomic mass is 9.96. The van der Waals surface area contributed by atoms with Crippen LogP contribution in [0.5, 0.6) is 0 Å². The Labute approximate surface area is 549 Å². The maximum Gasteiger partial charge on any atom is 0.220 e. The second kappa shape index (κ2) is 54.1. The van der Waals surface area contributed by atoms with E-state index in [1.165, 1.54) is 205 Å². The molecule has 3 aliphatic rings. The molecule has 3 fully saturated rings. The number of hydrogen-bond donors (Lipinski definition) is 12. The summed E-state index contributed by atoms with van der Waals surface area (Å²) in [5.74, 6) is -0.272. The molecule has 1 amide bonds. The Morgan fingerprint density at radius 2 is 0.725 bits per heavy atom. The number of aliphatic hydroxyl groups is 11. The standard InChI is InChI=1S/C72H133NO18/c1-3-5-7-9-11-13-15-17-19-21-22-23-24-25-26-27-28-29-30-31-32-34-36-38-40-42-44-46-48-50-60(78)73-55(56(77)49-47-45-43-41-39-37-35-33-20-18-16-14-12-10-8-6-4-2)54-86-70-66(84)63(81)68(58(52-75)88-70)91-72-67(85)64(82)69(59(53-76)89-72)90-71-65(83)62(80)61(79)57(51-74)87-71/h15,17,21-22,47,49,55-59,61-72,74-77,79-85H,3-14,16,18-20,23-46,48,50-54H2,1-2H3,(H,73,78)/b17-15-,22-21-,49-47+. The number of hydrogen-bond acceptors (Lipinski definition) is 18. The highest BCUT2D eigenvalue weighted by Gasteiger charge is 2.53. The Balaban J connectivity index is 1.39. The van der Waals surface area contributed by atoms with Crippen molar-refractivity contribution in [2.75, 3.05) is 26.4 Å². The first-order valence-corrected chi connectivity index (χ1v) is 36.7. The molecule has 0 aromatic carbocycles. The van der Waals surface area contributed by atoms with Crippen LogP contribution in [-0.4, -0.2) is 193 Å². The van der Waals surface area contributed by atoms with E-state index in [2.05, 4.69) is 43.5 Å². The van der Waals surface area contributed by atoms with E-state index in [1.54, 1.807) is 6.08 Å². The number of amides is 1. The quantitative estimate of drug-likeness (QED) is 0.0199. The number of carbonyl (C=O) groups is 1. The molecule has 0 bridgehead atoms. The Morgan fingerprint density at radius 1 is 0.396 bits per heavy atom. The number of aliphatic hydroxyl groups excluding tert-OH is 11. The zero-order valence-corrected chi connectivity index (χ0v) is 56.6. The fraction of sp³-hybridized carbons (Fsp3) is 0.903. The van der Waals surface area contributed by atoms with Gasteiger partial charge in [-0.2, -0.15) is 0 Å². The lowest BCUT2D eigenvalue weighted by Gasteiger charge is -2.48. The molecule has 0 saturated carbocycles. The van der Waals surface area contributed by atoms with Crippen LogP contribution in [-0.2, 0) is 33.2 Å². The van der Waals surface area contributed by atoms with Gasteiger partial charge in [-0.15, -0.1) is 0 Å². The largest absolute Gasteiger partial charge is 0.394 e. The molecular weight excluding hydrogens is 1170 g/mol. The molecule has 12 N–H and O–H groups in total. The molecule has 0 aromatic rings. The summed E-state index contributed by atoms with van der Waals surface area (Å²) in [6.45, 7) is 1.75. The first-order valence-electron chi connectivity index (χ1n) is 36.7. The molecule has 91 heavy (non-hydrogen) atoms. The van der Waals surface area contributed by atoms with E-state index in [4.69, 9.17) is 28.4 Å².